The van der Waals surface area contributed by atoms with E-state index in [2.05, 4.69) is 10.6 Å². The van der Waals surface area contributed by atoms with Crippen LogP contribution in [0.2, 0.25) is 0 Å². The molecule has 0 aromatic heterocycles. The lowest BCUT2D eigenvalue weighted by Gasteiger charge is -2.34. The first-order valence-electron chi connectivity index (χ1n) is 14.6. The highest BCUT2D eigenvalue weighted by Crippen LogP contribution is 2.55. The summed E-state index contributed by atoms with van der Waals surface area (Å²) in [6.07, 6.45) is 8.25. The van der Waals surface area contributed by atoms with Crippen LogP contribution in [0, 0.1) is 11.8 Å². The number of hydrogen-bond acceptors (Lipinski definition) is 6. The summed E-state index contributed by atoms with van der Waals surface area (Å²) in [5, 5.41) is 6.19. The molecule has 2 aromatic carbocycles. The van der Waals surface area contributed by atoms with Crippen LogP contribution in [0.25, 0.3) is 0 Å². The van der Waals surface area contributed by atoms with Crippen LogP contribution < -0.4 is 20.1 Å². The summed E-state index contributed by atoms with van der Waals surface area (Å²) in [6.45, 7) is 2.66. The molecule has 3 heterocycles. The van der Waals surface area contributed by atoms with E-state index in [9.17, 15) is 14.4 Å². The van der Waals surface area contributed by atoms with Crippen molar-refractivity contribution in [1.82, 2.24) is 10.2 Å². The van der Waals surface area contributed by atoms with Crippen LogP contribution in [0.5, 0.6) is 11.5 Å². The third-order valence-electron chi connectivity index (χ3n) is 8.80. The van der Waals surface area contributed by atoms with Crippen molar-refractivity contribution in [3.63, 3.8) is 0 Å². The number of nitrogens with zero attached hydrogens (tertiary/aromatic N) is 1. The van der Waals surface area contributed by atoms with E-state index in [4.69, 9.17) is 14.2 Å². The fourth-order valence-corrected chi connectivity index (χ4v) is 6.96. The van der Waals surface area contributed by atoms with Gasteiger partial charge in [0.2, 0.25) is 17.7 Å². The van der Waals surface area contributed by atoms with E-state index in [-0.39, 0.29) is 30.3 Å². The second kappa shape index (κ2) is 11.2. The molecular formula is C32H37N3O6. The molecule has 9 nitrogen and oxygen atoms in total. The largest absolute Gasteiger partial charge is 0.497 e. The average Bonchev–Trinajstić information content (AvgIpc) is 3.62. The van der Waals surface area contributed by atoms with Crippen LogP contribution in [0.1, 0.15) is 44.6 Å². The zero-order chi connectivity index (χ0) is 28.6. The van der Waals surface area contributed by atoms with Gasteiger partial charge in [-0.05, 0) is 61.7 Å². The number of nitrogens with one attached hydrogen (secondary N) is 2. The van der Waals surface area contributed by atoms with Gasteiger partial charge in [0, 0.05) is 18.3 Å². The molecule has 0 radical (unpaired) electrons. The topological polar surface area (TPSA) is 106 Å². The Balaban J connectivity index is 1.30. The van der Waals surface area contributed by atoms with Gasteiger partial charge in [-0.25, -0.2) is 0 Å². The van der Waals surface area contributed by atoms with Crippen molar-refractivity contribution < 1.29 is 28.6 Å². The van der Waals surface area contributed by atoms with Crippen molar-refractivity contribution in [2.45, 2.75) is 69.4 Å². The number of methoxy groups -OCH3 is 1. The molecule has 3 fully saturated rings. The SMILES string of the molecule is CCOc1ccc(NC(=O)C2C3C=CC4(O3)C2C(=O)N(Cc2cccc(OC)c2)C4C(=O)NC2CCCCC2)cc1. The van der Waals surface area contributed by atoms with E-state index in [1.165, 1.54) is 6.42 Å². The van der Waals surface area contributed by atoms with Gasteiger partial charge < -0.3 is 29.7 Å². The first kappa shape index (κ1) is 27.3. The van der Waals surface area contributed by atoms with Crippen molar-refractivity contribution in [2.75, 3.05) is 19.0 Å². The molecule has 2 saturated heterocycles. The number of carbonyl (C=O) groups excluding carboxylic acids is 3. The number of rotatable bonds is 9. The molecule has 2 aromatic rings. The maximum atomic E-state index is 14.2. The molecule has 2 N–H and O–H groups in total. The number of hydrogen-bond donors (Lipinski definition) is 2. The van der Waals surface area contributed by atoms with E-state index in [0.717, 1.165) is 31.2 Å². The molecule has 1 spiro atoms. The number of amides is 3. The van der Waals surface area contributed by atoms with Crippen molar-refractivity contribution in [2.24, 2.45) is 11.8 Å². The maximum absolute atomic E-state index is 14.2. The Morgan fingerprint density at radius 2 is 1.83 bits per heavy atom. The highest BCUT2D eigenvalue weighted by molar-refractivity contribution is 6.02. The highest BCUT2D eigenvalue weighted by Gasteiger charge is 2.72. The Labute approximate surface area is 240 Å². The van der Waals surface area contributed by atoms with Gasteiger partial charge in [-0.1, -0.05) is 43.5 Å². The number of ether oxygens (including phenoxy) is 3. The van der Waals surface area contributed by atoms with E-state index in [0.29, 0.717) is 23.8 Å². The molecule has 216 valence electrons. The lowest BCUT2D eigenvalue weighted by molar-refractivity contribution is -0.142. The van der Waals surface area contributed by atoms with Crippen LogP contribution >= 0.6 is 0 Å². The monoisotopic (exact) mass is 559 g/mol. The van der Waals surface area contributed by atoms with Gasteiger partial charge in [0.1, 0.15) is 23.1 Å². The average molecular weight is 560 g/mol. The number of likely N-dealkylation sites (tertiary alicyclic amines) is 1. The van der Waals surface area contributed by atoms with Gasteiger partial charge in [-0.15, -0.1) is 0 Å². The van der Waals surface area contributed by atoms with Crippen molar-refractivity contribution in [3.05, 3.63) is 66.2 Å². The zero-order valence-corrected chi connectivity index (χ0v) is 23.5. The van der Waals surface area contributed by atoms with Gasteiger partial charge in [-0.3, -0.25) is 14.4 Å². The highest BCUT2D eigenvalue weighted by atomic mass is 16.5. The minimum Gasteiger partial charge on any atom is -0.497 e. The van der Waals surface area contributed by atoms with Crippen molar-refractivity contribution in [1.29, 1.82) is 0 Å². The van der Waals surface area contributed by atoms with E-state index in [1.54, 1.807) is 36.3 Å². The molecule has 6 rings (SSSR count). The van der Waals surface area contributed by atoms with Gasteiger partial charge in [0.15, 0.2) is 0 Å². The van der Waals surface area contributed by atoms with Crippen LogP contribution in [0.15, 0.2) is 60.7 Å². The Kier molecular flexibility index (Phi) is 7.46. The van der Waals surface area contributed by atoms with Gasteiger partial charge >= 0.3 is 0 Å². The summed E-state index contributed by atoms with van der Waals surface area (Å²) in [7, 11) is 1.59. The fourth-order valence-electron chi connectivity index (χ4n) is 6.96. The molecule has 5 atom stereocenters. The first-order valence-corrected chi connectivity index (χ1v) is 14.6. The lowest BCUT2D eigenvalue weighted by Crippen LogP contribution is -2.56. The molecule has 1 saturated carbocycles. The molecule has 2 bridgehead atoms. The van der Waals surface area contributed by atoms with Gasteiger partial charge in [0.05, 0.1) is 31.7 Å². The Morgan fingerprint density at radius 1 is 1.05 bits per heavy atom. The zero-order valence-electron chi connectivity index (χ0n) is 23.5. The third-order valence-corrected chi connectivity index (χ3v) is 8.80. The summed E-state index contributed by atoms with van der Waals surface area (Å²) >= 11 is 0. The summed E-state index contributed by atoms with van der Waals surface area (Å²) in [6, 6.07) is 13.8. The molecular weight excluding hydrogens is 522 g/mol. The summed E-state index contributed by atoms with van der Waals surface area (Å²) in [5.41, 5.74) is 0.225. The molecule has 3 aliphatic heterocycles. The van der Waals surface area contributed by atoms with E-state index >= 15 is 0 Å². The van der Waals surface area contributed by atoms with Crippen molar-refractivity contribution in [3.8, 4) is 11.5 Å². The summed E-state index contributed by atoms with van der Waals surface area (Å²) in [5.74, 6) is -0.989. The summed E-state index contributed by atoms with van der Waals surface area (Å²) < 4.78 is 17.4. The Hall–Kier alpha value is -3.85. The molecule has 5 unspecified atom stereocenters. The molecule has 3 amide bonds. The Bertz CT molecular complexity index is 1340. The van der Waals surface area contributed by atoms with E-state index < -0.39 is 29.6 Å². The molecule has 4 aliphatic rings. The van der Waals surface area contributed by atoms with Gasteiger partial charge in [0.25, 0.3) is 0 Å². The molecule has 1 aliphatic carbocycles. The number of benzene rings is 2. The minimum atomic E-state index is -1.21. The fraction of sp³-hybridized carbons (Fsp3) is 0.469. The van der Waals surface area contributed by atoms with Crippen LogP contribution in [0.4, 0.5) is 5.69 Å². The smallest absolute Gasteiger partial charge is 0.246 e. The maximum Gasteiger partial charge on any atom is 0.246 e. The van der Waals surface area contributed by atoms with Crippen molar-refractivity contribution >= 4 is 23.4 Å². The third kappa shape index (κ3) is 4.96. The van der Waals surface area contributed by atoms with Crippen LogP contribution in [0.3, 0.4) is 0 Å². The number of fused-ring (bicyclic) bond motifs is 1. The first-order chi connectivity index (χ1) is 19.9. The van der Waals surface area contributed by atoms with Crippen LogP contribution in [-0.2, 0) is 25.7 Å². The Morgan fingerprint density at radius 3 is 2.56 bits per heavy atom. The molecule has 9 heteroatoms. The number of anilines is 1. The molecule has 41 heavy (non-hydrogen) atoms. The quantitative estimate of drug-likeness (QED) is 0.453. The van der Waals surface area contributed by atoms with E-state index in [1.807, 2.05) is 43.3 Å². The van der Waals surface area contributed by atoms with Crippen LogP contribution in [-0.4, -0.2) is 60.1 Å². The predicted molar refractivity (Wildman–Crippen MR) is 152 cm³/mol. The second-order valence-electron chi connectivity index (χ2n) is 11.3. The van der Waals surface area contributed by atoms with Gasteiger partial charge in [-0.2, -0.15) is 0 Å². The standard InChI is InChI=1S/C32H37N3O6/c1-3-40-23-14-12-22(13-15-23)33-29(36)26-25-16-17-32(41-25)27(26)31(38)35(19-20-8-7-11-24(18-20)39-2)28(32)30(37)34-21-9-5-4-6-10-21/h7-8,11-18,21,25-28H,3-6,9-10,19H2,1-2H3,(H,33,36)(H,34,37). The second-order valence-corrected chi connectivity index (χ2v) is 11.3. The predicted octanol–water partition coefficient (Wildman–Crippen LogP) is 3.83. The summed E-state index contributed by atoms with van der Waals surface area (Å²) in [4.78, 5) is 43.5. The lowest BCUT2D eigenvalue weighted by atomic mass is 9.74. The number of carbonyl (C=O) groups is 3. The normalized spacial score (nSPS) is 28.4. The minimum absolute atomic E-state index is 0.0711.